The van der Waals surface area contributed by atoms with Crippen molar-refractivity contribution in [3.8, 4) is 0 Å². The van der Waals surface area contributed by atoms with Gasteiger partial charge in [0.25, 0.3) is 0 Å². The number of sulfonamides is 1. The first-order valence-corrected chi connectivity index (χ1v) is 8.37. The lowest BCUT2D eigenvalue weighted by atomic mass is 10.3. The summed E-state index contributed by atoms with van der Waals surface area (Å²) in [5.74, 6) is 0. The summed E-state index contributed by atoms with van der Waals surface area (Å²) in [6.07, 6.45) is 1.16. The quantitative estimate of drug-likeness (QED) is 0.782. The molecule has 0 fully saturated rings. The number of thiophene rings is 1. The summed E-state index contributed by atoms with van der Waals surface area (Å²) in [7, 11) is -3.08. The summed E-state index contributed by atoms with van der Waals surface area (Å²) in [6.45, 7) is 3.07. The van der Waals surface area contributed by atoms with E-state index in [-0.39, 0.29) is 6.04 Å². The van der Waals surface area contributed by atoms with Crippen molar-refractivity contribution >= 4 is 37.3 Å². The van der Waals surface area contributed by atoms with Gasteiger partial charge in [0.2, 0.25) is 10.0 Å². The van der Waals surface area contributed by atoms with E-state index in [2.05, 4.69) is 32.9 Å². The molecule has 0 aliphatic carbocycles. The lowest BCUT2D eigenvalue weighted by Gasteiger charge is -2.12. The molecule has 0 radical (unpaired) electrons. The van der Waals surface area contributed by atoms with Gasteiger partial charge in [0, 0.05) is 28.5 Å². The first-order valence-electron chi connectivity index (χ1n) is 4.81. The second-order valence-electron chi connectivity index (χ2n) is 3.48. The second-order valence-corrected chi connectivity index (χ2v) is 7.11. The van der Waals surface area contributed by atoms with Crippen LogP contribution in [0.2, 0.25) is 0 Å². The minimum Gasteiger partial charge on any atom is -0.308 e. The smallest absolute Gasteiger partial charge is 0.208 e. The van der Waals surface area contributed by atoms with Crippen molar-refractivity contribution in [2.24, 2.45) is 0 Å². The monoisotopic (exact) mass is 326 g/mol. The fourth-order valence-corrected chi connectivity index (χ4v) is 3.45. The molecule has 0 aliphatic heterocycles. The van der Waals surface area contributed by atoms with Crippen LogP contribution in [-0.2, 0) is 10.0 Å². The van der Waals surface area contributed by atoms with Crippen molar-refractivity contribution < 1.29 is 8.42 Å². The van der Waals surface area contributed by atoms with Crippen molar-refractivity contribution in [3.63, 3.8) is 0 Å². The largest absolute Gasteiger partial charge is 0.308 e. The van der Waals surface area contributed by atoms with Crippen LogP contribution in [-0.4, -0.2) is 27.8 Å². The molecule has 1 aromatic rings. The van der Waals surface area contributed by atoms with Gasteiger partial charge in [0.05, 0.1) is 6.26 Å². The summed E-state index contributed by atoms with van der Waals surface area (Å²) in [6, 6.07) is 2.23. The van der Waals surface area contributed by atoms with E-state index in [9.17, 15) is 8.42 Å². The van der Waals surface area contributed by atoms with Crippen molar-refractivity contribution in [2.75, 3.05) is 19.3 Å². The molecular weight excluding hydrogens is 312 g/mol. The predicted octanol–water partition coefficient (Wildman–Crippen LogP) is 1.71. The van der Waals surface area contributed by atoms with Crippen LogP contribution in [0.25, 0.3) is 0 Å². The van der Waals surface area contributed by atoms with Crippen LogP contribution in [0.1, 0.15) is 17.8 Å². The zero-order valence-electron chi connectivity index (χ0n) is 9.16. The average molecular weight is 327 g/mol. The van der Waals surface area contributed by atoms with Gasteiger partial charge in [-0.1, -0.05) is 0 Å². The van der Waals surface area contributed by atoms with E-state index in [0.717, 1.165) is 10.7 Å². The Morgan fingerprint density at radius 1 is 1.50 bits per heavy atom. The van der Waals surface area contributed by atoms with Crippen molar-refractivity contribution in [1.29, 1.82) is 0 Å². The molecule has 2 N–H and O–H groups in total. The third-order valence-electron chi connectivity index (χ3n) is 1.98. The van der Waals surface area contributed by atoms with Crippen LogP contribution in [0.15, 0.2) is 15.9 Å². The van der Waals surface area contributed by atoms with Gasteiger partial charge in [-0.25, -0.2) is 13.1 Å². The molecule has 4 nitrogen and oxygen atoms in total. The Bertz CT molecular complexity index is 430. The maximum absolute atomic E-state index is 10.8. The zero-order chi connectivity index (χ0) is 12.2. The Morgan fingerprint density at radius 3 is 2.69 bits per heavy atom. The fraction of sp³-hybridized carbons (Fsp3) is 0.556. The van der Waals surface area contributed by atoms with Gasteiger partial charge in [0.15, 0.2) is 0 Å². The highest BCUT2D eigenvalue weighted by atomic mass is 79.9. The molecular formula is C9H15BrN2O2S2. The average Bonchev–Trinajstić information content (AvgIpc) is 2.57. The van der Waals surface area contributed by atoms with E-state index in [0.29, 0.717) is 13.1 Å². The number of hydrogen-bond acceptors (Lipinski definition) is 4. The van der Waals surface area contributed by atoms with Gasteiger partial charge in [-0.2, -0.15) is 0 Å². The zero-order valence-corrected chi connectivity index (χ0v) is 12.4. The highest BCUT2D eigenvalue weighted by molar-refractivity contribution is 9.10. The number of hydrogen-bond donors (Lipinski definition) is 2. The maximum Gasteiger partial charge on any atom is 0.208 e. The summed E-state index contributed by atoms with van der Waals surface area (Å²) in [5.41, 5.74) is 0. The van der Waals surface area contributed by atoms with E-state index in [1.807, 2.05) is 11.4 Å². The van der Waals surface area contributed by atoms with Crippen LogP contribution in [0.4, 0.5) is 0 Å². The minimum atomic E-state index is -3.08. The number of rotatable bonds is 6. The lowest BCUT2D eigenvalue weighted by molar-refractivity contribution is 0.560. The molecule has 1 rings (SSSR count). The van der Waals surface area contributed by atoms with Gasteiger partial charge in [0.1, 0.15) is 0 Å². The molecule has 0 bridgehead atoms. The van der Waals surface area contributed by atoms with Crippen LogP contribution >= 0.6 is 27.3 Å². The Labute approximate surface area is 109 Å². The van der Waals surface area contributed by atoms with E-state index >= 15 is 0 Å². The van der Waals surface area contributed by atoms with Gasteiger partial charge >= 0.3 is 0 Å². The van der Waals surface area contributed by atoms with Gasteiger partial charge in [-0.15, -0.1) is 11.3 Å². The fourth-order valence-electron chi connectivity index (χ4n) is 1.23. The summed E-state index contributed by atoms with van der Waals surface area (Å²) < 4.78 is 25.2. The molecule has 0 saturated heterocycles. The molecule has 1 unspecified atom stereocenters. The van der Waals surface area contributed by atoms with Crippen molar-refractivity contribution in [1.82, 2.24) is 10.0 Å². The van der Waals surface area contributed by atoms with Gasteiger partial charge in [-0.3, -0.25) is 0 Å². The van der Waals surface area contributed by atoms with Gasteiger partial charge < -0.3 is 5.32 Å². The number of nitrogens with one attached hydrogen (secondary N) is 2. The van der Waals surface area contributed by atoms with Crippen LogP contribution < -0.4 is 10.0 Å². The molecule has 0 aromatic carbocycles. The summed E-state index contributed by atoms with van der Waals surface area (Å²) in [5, 5.41) is 5.27. The van der Waals surface area contributed by atoms with Crippen LogP contribution in [0.5, 0.6) is 0 Å². The number of halogens is 1. The molecule has 7 heteroatoms. The summed E-state index contributed by atoms with van der Waals surface area (Å²) in [4.78, 5) is 1.22. The second kappa shape index (κ2) is 6.11. The maximum atomic E-state index is 10.8. The minimum absolute atomic E-state index is 0.218. The molecule has 0 aliphatic rings. The van der Waals surface area contributed by atoms with E-state index in [4.69, 9.17) is 0 Å². The normalized spacial score (nSPS) is 13.9. The lowest BCUT2D eigenvalue weighted by Crippen LogP contribution is -2.32. The Balaban J connectivity index is 2.32. The molecule has 0 amide bonds. The Hall–Kier alpha value is 0.0500. The summed E-state index contributed by atoms with van der Waals surface area (Å²) >= 11 is 5.14. The molecule has 16 heavy (non-hydrogen) atoms. The van der Waals surface area contributed by atoms with Crippen LogP contribution in [0.3, 0.4) is 0 Å². The van der Waals surface area contributed by atoms with Crippen molar-refractivity contribution in [2.45, 2.75) is 13.0 Å². The molecule has 0 saturated carbocycles. The van der Waals surface area contributed by atoms with E-state index in [1.54, 1.807) is 11.3 Å². The highest BCUT2D eigenvalue weighted by Crippen LogP contribution is 2.28. The standard InChI is InChI=1S/C9H15BrN2O2S2/c1-7(9-8(10)3-6-15-9)11-4-5-12-16(2,13)14/h3,6-7,11-12H,4-5H2,1-2H3. The third kappa shape index (κ3) is 4.92. The molecule has 1 atom stereocenters. The molecule has 1 heterocycles. The van der Waals surface area contributed by atoms with E-state index < -0.39 is 10.0 Å². The highest BCUT2D eigenvalue weighted by Gasteiger charge is 2.09. The van der Waals surface area contributed by atoms with Crippen LogP contribution in [0, 0.1) is 0 Å². The topological polar surface area (TPSA) is 58.2 Å². The first kappa shape index (κ1) is 14.1. The Kier molecular flexibility index (Phi) is 5.39. The SMILES string of the molecule is CC(NCCNS(C)(=O)=O)c1sccc1Br. The van der Waals surface area contributed by atoms with E-state index in [1.165, 1.54) is 4.88 Å². The first-order chi connectivity index (χ1) is 7.40. The molecule has 0 spiro atoms. The van der Waals surface area contributed by atoms with Crippen molar-refractivity contribution in [3.05, 3.63) is 20.8 Å². The predicted molar refractivity (Wildman–Crippen MR) is 71.3 cm³/mol. The van der Waals surface area contributed by atoms with Gasteiger partial charge in [-0.05, 0) is 34.3 Å². The molecule has 1 aromatic heterocycles. The Morgan fingerprint density at radius 2 is 2.19 bits per heavy atom. The molecule has 92 valence electrons. The third-order valence-corrected chi connectivity index (χ3v) is 4.76.